The number of nitrogens with zero attached hydrogens (tertiary/aromatic N) is 1. The van der Waals surface area contributed by atoms with Crippen LogP contribution in [0.1, 0.15) is 25.5 Å². The van der Waals surface area contributed by atoms with Crippen LogP contribution in [-0.4, -0.2) is 43.9 Å². The van der Waals surface area contributed by atoms with Gasteiger partial charge in [-0.05, 0) is 17.5 Å². The van der Waals surface area contributed by atoms with Gasteiger partial charge in [0.1, 0.15) is 0 Å². The highest BCUT2D eigenvalue weighted by Crippen LogP contribution is 2.28. The third kappa shape index (κ3) is 4.14. The number of halogens is 1. The van der Waals surface area contributed by atoms with Crippen molar-refractivity contribution in [3.63, 3.8) is 0 Å². The maximum Gasteiger partial charge on any atom is 0.317 e. The molecule has 1 aliphatic rings. The number of amides is 2. The molecule has 1 fully saturated rings. The fraction of sp³-hybridized carbons (Fsp3) is 0.533. The lowest BCUT2D eigenvalue weighted by molar-refractivity contribution is 0.194. The Morgan fingerprint density at radius 1 is 1.23 bits per heavy atom. The van der Waals surface area contributed by atoms with Crippen molar-refractivity contribution in [2.75, 3.05) is 24.6 Å². The zero-order valence-electron chi connectivity index (χ0n) is 12.8. The molecular formula is C15H21ClN2O3S. The topological polar surface area (TPSA) is 66.5 Å². The van der Waals surface area contributed by atoms with E-state index in [2.05, 4.69) is 5.32 Å². The van der Waals surface area contributed by atoms with Crippen LogP contribution in [0.2, 0.25) is 5.02 Å². The van der Waals surface area contributed by atoms with E-state index in [0.29, 0.717) is 5.02 Å². The number of rotatable bonds is 3. The molecule has 1 saturated heterocycles. The predicted molar refractivity (Wildman–Crippen MR) is 87.8 cm³/mol. The maximum absolute atomic E-state index is 12.4. The minimum Gasteiger partial charge on any atom is -0.331 e. The third-order valence-corrected chi connectivity index (χ3v) is 5.77. The lowest BCUT2D eigenvalue weighted by atomic mass is 9.96. The Hall–Kier alpha value is -1.27. The summed E-state index contributed by atoms with van der Waals surface area (Å²) in [5.74, 6) is 0.218. The van der Waals surface area contributed by atoms with Gasteiger partial charge in [0, 0.05) is 18.1 Å². The van der Waals surface area contributed by atoms with Gasteiger partial charge in [0.2, 0.25) is 0 Å². The largest absolute Gasteiger partial charge is 0.331 e. The van der Waals surface area contributed by atoms with Crippen molar-refractivity contribution < 1.29 is 13.2 Å². The normalized spacial score (nSPS) is 19.0. The van der Waals surface area contributed by atoms with E-state index >= 15 is 0 Å². The monoisotopic (exact) mass is 344 g/mol. The quantitative estimate of drug-likeness (QED) is 0.916. The van der Waals surface area contributed by atoms with Crippen LogP contribution in [0.15, 0.2) is 24.3 Å². The van der Waals surface area contributed by atoms with E-state index in [9.17, 15) is 13.2 Å². The number of sulfone groups is 1. The average molecular weight is 345 g/mol. The highest BCUT2D eigenvalue weighted by atomic mass is 35.5. The molecule has 1 heterocycles. The van der Waals surface area contributed by atoms with Crippen LogP contribution in [0, 0.1) is 5.92 Å². The van der Waals surface area contributed by atoms with Crippen molar-refractivity contribution in [3.05, 3.63) is 34.9 Å². The molecule has 1 aromatic carbocycles. The number of nitrogens with one attached hydrogen (secondary N) is 1. The van der Waals surface area contributed by atoms with Gasteiger partial charge in [-0.1, -0.05) is 43.6 Å². The second kappa shape index (κ2) is 6.87. The lowest BCUT2D eigenvalue weighted by Crippen LogP contribution is -2.49. The van der Waals surface area contributed by atoms with E-state index in [-0.39, 0.29) is 42.6 Å². The molecule has 0 saturated carbocycles. The number of hydrogen-bond donors (Lipinski definition) is 1. The Labute approximate surface area is 136 Å². The number of urea groups is 1. The summed E-state index contributed by atoms with van der Waals surface area (Å²) in [6.07, 6.45) is 0. The Balaban J connectivity index is 2.09. The zero-order chi connectivity index (χ0) is 16.3. The fourth-order valence-electron chi connectivity index (χ4n) is 2.47. The molecule has 2 amide bonds. The van der Waals surface area contributed by atoms with Crippen LogP contribution < -0.4 is 5.32 Å². The van der Waals surface area contributed by atoms with Crippen LogP contribution in [0.5, 0.6) is 0 Å². The van der Waals surface area contributed by atoms with Crippen molar-refractivity contribution in [2.24, 2.45) is 5.92 Å². The molecular weight excluding hydrogens is 324 g/mol. The maximum atomic E-state index is 12.4. The van der Waals surface area contributed by atoms with Gasteiger partial charge >= 0.3 is 6.03 Å². The van der Waals surface area contributed by atoms with Gasteiger partial charge in [-0.15, -0.1) is 0 Å². The molecule has 1 aliphatic heterocycles. The summed E-state index contributed by atoms with van der Waals surface area (Å²) in [4.78, 5) is 13.9. The van der Waals surface area contributed by atoms with Gasteiger partial charge in [-0.3, -0.25) is 0 Å². The SMILES string of the molecule is CC(C)[C@H](NC(=O)N1CCS(=O)(=O)CC1)c1ccccc1Cl. The standard InChI is InChI=1S/C15H21ClN2O3S/c1-11(2)14(12-5-3-4-6-13(12)16)17-15(19)18-7-9-22(20,21)10-8-18/h3-6,11,14H,7-10H2,1-2H3,(H,17,19)/t14-/m0/s1. The fourth-order valence-corrected chi connectivity index (χ4v) is 3.93. The highest BCUT2D eigenvalue weighted by Gasteiger charge is 2.28. The van der Waals surface area contributed by atoms with E-state index in [0.717, 1.165) is 5.56 Å². The first kappa shape index (κ1) is 17.1. The van der Waals surface area contributed by atoms with Gasteiger partial charge in [0.25, 0.3) is 0 Å². The van der Waals surface area contributed by atoms with E-state index in [1.165, 1.54) is 0 Å². The van der Waals surface area contributed by atoms with Gasteiger partial charge in [0.15, 0.2) is 9.84 Å². The summed E-state index contributed by atoms with van der Waals surface area (Å²) in [6.45, 7) is 4.49. The minimum absolute atomic E-state index is 0.0266. The van der Waals surface area contributed by atoms with Gasteiger partial charge in [-0.2, -0.15) is 0 Å². The summed E-state index contributed by atoms with van der Waals surface area (Å²) in [6, 6.07) is 6.98. The number of carbonyl (C=O) groups excluding carboxylic acids is 1. The summed E-state index contributed by atoms with van der Waals surface area (Å²) in [5.41, 5.74) is 0.872. The van der Waals surface area contributed by atoms with Gasteiger partial charge in [-0.25, -0.2) is 13.2 Å². The van der Waals surface area contributed by atoms with E-state index in [1.54, 1.807) is 11.0 Å². The molecule has 122 valence electrons. The van der Waals surface area contributed by atoms with Crippen LogP contribution in [0.4, 0.5) is 4.79 Å². The molecule has 5 nitrogen and oxygen atoms in total. The Morgan fingerprint density at radius 3 is 2.36 bits per heavy atom. The number of hydrogen-bond acceptors (Lipinski definition) is 3. The van der Waals surface area contributed by atoms with Crippen LogP contribution in [0.25, 0.3) is 0 Å². The smallest absolute Gasteiger partial charge is 0.317 e. The molecule has 0 aromatic heterocycles. The van der Waals surface area contributed by atoms with Crippen LogP contribution >= 0.6 is 11.6 Å². The molecule has 22 heavy (non-hydrogen) atoms. The van der Waals surface area contributed by atoms with Crippen molar-refractivity contribution in [1.82, 2.24) is 10.2 Å². The molecule has 1 aromatic rings. The lowest BCUT2D eigenvalue weighted by Gasteiger charge is -2.31. The van der Waals surface area contributed by atoms with Crippen molar-refractivity contribution in [3.8, 4) is 0 Å². The Kier molecular flexibility index (Phi) is 5.34. The zero-order valence-corrected chi connectivity index (χ0v) is 14.3. The number of carbonyl (C=O) groups is 1. The number of benzene rings is 1. The van der Waals surface area contributed by atoms with Crippen LogP contribution in [0.3, 0.4) is 0 Å². The summed E-state index contributed by atoms with van der Waals surface area (Å²) < 4.78 is 22.9. The van der Waals surface area contributed by atoms with Crippen molar-refractivity contribution in [1.29, 1.82) is 0 Å². The third-order valence-electron chi connectivity index (χ3n) is 3.82. The summed E-state index contributed by atoms with van der Waals surface area (Å²) >= 11 is 6.23. The molecule has 0 radical (unpaired) electrons. The van der Waals surface area contributed by atoms with Crippen molar-refractivity contribution >= 4 is 27.5 Å². The van der Waals surface area contributed by atoms with Crippen LogP contribution in [-0.2, 0) is 9.84 Å². The second-order valence-corrected chi connectivity index (χ2v) is 8.54. The Morgan fingerprint density at radius 2 is 1.82 bits per heavy atom. The molecule has 7 heteroatoms. The van der Waals surface area contributed by atoms with Crippen molar-refractivity contribution in [2.45, 2.75) is 19.9 Å². The molecule has 1 atom stereocenters. The Bertz CT molecular complexity index is 632. The molecule has 1 N–H and O–H groups in total. The average Bonchev–Trinajstić information content (AvgIpc) is 2.45. The first-order valence-electron chi connectivity index (χ1n) is 7.30. The van der Waals surface area contributed by atoms with E-state index in [4.69, 9.17) is 11.6 Å². The van der Waals surface area contributed by atoms with Gasteiger partial charge < -0.3 is 10.2 Å². The summed E-state index contributed by atoms with van der Waals surface area (Å²) in [5, 5.41) is 3.59. The minimum atomic E-state index is -3.00. The molecule has 0 aliphatic carbocycles. The molecule has 0 unspecified atom stereocenters. The van der Waals surface area contributed by atoms with Gasteiger partial charge in [0.05, 0.1) is 17.5 Å². The molecule has 0 bridgehead atoms. The molecule has 2 rings (SSSR count). The van der Waals surface area contributed by atoms with E-state index < -0.39 is 9.84 Å². The highest BCUT2D eigenvalue weighted by molar-refractivity contribution is 7.91. The predicted octanol–water partition coefficient (Wildman–Crippen LogP) is 2.48. The first-order valence-corrected chi connectivity index (χ1v) is 9.50. The molecule has 0 spiro atoms. The summed E-state index contributed by atoms with van der Waals surface area (Å²) in [7, 11) is -3.00. The van der Waals surface area contributed by atoms with E-state index in [1.807, 2.05) is 32.0 Å². The first-order chi connectivity index (χ1) is 10.3. The second-order valence-electron chi connectivity index (χ2n) is 5.83.